The number of esters is 1. The van der Waals surface area contributed by atoms with Gasteiger partial charge in [0.2, 0.25) is 5.91 Å². The Morgan fingerprint density at radius 3 is 2.50 bits per heavy atom. The predicted octanol–water partition coefficient (Wildman–Crippen LogP) is 3.51. The Labute approximate surface area is 140 Å². The molecule has 0 unspecified atom stereocenters. The molecule has 0 atom stereocenters. The summed E-state index contributed by atoms with van der Waals surface area (Å²) in [5, 5.41) is 11.0. The van der Waals surface area contributed by atoms with Crippen LogP contribution >= 0.6 is 0 Å². The Kier molecular flexibility index (Phi) is 5.69. The third kappa shape index (κ3) is 4.68. The summed E-state index contributed by atoms with van der Waals surface area (Å²) in [5.74, 6) is -0.812. The first-order valence-corrected chi connectivity index (χ1v) is 7.49. The molecule has 0 heterocycles. The van der Waals surface area contributed by atoms with E-state index in [1.165, 1.54) is 0 Å². The SMILES string of the molecule is Cc1ccc(C)c(COC(=O)c2ccc(NC(=O)CC#N)cc2)c1. The van der Waals surface area contributed by atoms with Gasteiger partial charge in [-0.2, -0.15) is 5.26 Å². The van der Waals surface area contributed by atoms with Gasteiger partial charge in [-0.3, -0.25) is 4.79 Å². The van der Waals surface area contributed by atoms with Gasteiger partial charge < -0.3 is 10.1 Å². The number of hydrogen-bond donors (Lipinski definition) is 1. The number of nitriles is 1. The highest BCUT2D eigenvalue weighted by Gasteiger charge is 2.09. The molecule has 0 aliphatic rings. The van der Waals surface area contributed by atoms with Gasteiger partial charge in [-0.15, -0.1) is 0 Å². The fraction of sp³-hybridized carbons (Fsp3) is 0.211. The van der Waals surface area contributed by atoms with Crippen LogP contribution in [-0.2, 0) is 16.1 Å². The molecule has 0 aromatic heterocycles. The van der Waals surface area contributed by atoms with E-state index in [-0.39, 0.29) is 18.9 Å². The lowest BCUT2D eigenvalue weighted by Crippen LogP contribution is -2.10. The molecule has 1 N–H and O–H groups in total. The number of amides is 1. The zero-order valence-corrected chi connectivity index (χ0v) is 13.6. The second-order valence-corrected chi connectivity index (χ2v) is 5.47. The number of hydrogen-bond acceptors (Lipinski definition) is 4. The maximum Gasteiger partial charge on any atom is 0.338 e. The van der Waals surface area contributed by atoms with Crippen molar-refractivity contribution in [2.24, 2.45) is 0 Å². The highest BCUT2D eigenvalue weighted by molar-refractivity contribution is 5.93. The predicted molar refractivity (Wildman–Crippen MR) is 90.3 cm³/mol. The number of carbonyl (C=O) groups excluding carboxylic acids is 2. The van der Waals surface area contributed by atoms with E-state index < -0.39 is 5.97 Å². The lowest BCUT2D eigenvalue weighted by atomic mass is 10.1. The van der Waals surface area contributed by atoms with Gasteiger partial charge in [0.15, 0.2) is 0 Å². The van der Waals surface area contributed by atoms with Crippen LogP contribution in [0.3, 0.4) is 0 Å². The number of nitrogens with one attached hydrogen (secondary N) is 1. The number of rotatable bonds is 5. The van der Waals surface area contributed by atoms with E-state index in [2.05, 4.69) is 5.32 Å². The number of carbonyl (C=O) groups is 2. The van der Waals surface area contributed by atoms with Crippen molar-refractivity contribution in [3.8, 4) is 6.07 Å². The molecule has 0 fully saturated rings. The normalized spacial score (nSPS) is 9.88. The minimum atomic E-state index is -0.425. The molecule has 0 radical (unpaired) electrons. The molecule has 2 aromatic carbocycles. The molecule has 0 saturated heterocycles. The van der Waals surface area contributed by atoms with Gasteiger partial charge in [0.25, 0.3) is 0 Å². The number of benzene rings is 2. The number of aryl methyl sites for hydroxylation is 2. The Hall–Kier alpha value is -3.13. The maximum atomic E-state index is 12.1. The third-order valence-corrected chi connectivity index (χ3v) is 3.51. The molecule has 0 bridgehead atoms. The molecular weight excluding hydrogens is 304 g/mol. The maximum absolute atomic E-state index is 12.1. The summed E-state index contributed by atoms with van der Waals surface area (Å²) >= 11 is 0. The monoisotopic (exact) mass is 322 g/mol. The van der Waals surface area contributed by atoms with Crippen molar-refractivity contribution >= 4 is 17.6 Å². The summed E-state index contributed by atoms with van der Waals surface area (Å²) in [7, 11) is 0. The van der Waals surface area contributed by atoms with Crippen LogP contribution in [0.1, 0.15) is 33.5 Å². The number of ether oxygens (including phenoxy) is 1. The molecule has 2 aromatic rings. The summed E-state index contributed by atoms with van der Waals surface area (Å²) in [6, 6.07) is 14.1. The van der Waals surface area contributed by atoms with Crippen LogP contribution in [0, 0.1) is 25.2 Å². The van der Waals surface area contributed by atoms with Crippen molar-refractivity contribution in [1.29, 1.82) is 5.26 Å². The molecule has 5 heteroatoms. The molecule has 2 rings (SSSR count). The molecular formula is C19H18N2O3. The van der Waals surface area contributed by atoms with E-state index in [1.54, 1.807) is 30.3 Å². The first kappa shape index (κ1) is 17.2. The van der Waals surface area contributed by atoms with Crippen LogP contribution in [0.5, 0.6) is 0 Å². The summed E-state index contributed by atoms with van der Waals surface area (Å²) in [5.41, 5.74) is 4.09. The van der Waals surface area contributed by atoms with Crippen molar-refractivity contribution in [3.63, 3.8) is 0 Å². The lowest BCUT2D eigenvalue weighted by molar-refractivity contribution is -0.115. The van der Waals surface area contributed by atoms with Crippen LogP contribution in [0.15, 0.2) is 42.5 Å². The first-order valence-electron chi connectivity index (χ1n) is 7.49. The molecule has 122 valence electrons. The zero-order chi connectivity index (χ0) is 17.5. The summed E-state index contributed by atoms with van der Waals surface area (Å²) in [6.45, 7) is 4.18. The molecule has 1 amide bonds. The Bertz CT molecular complexity index is 789. The molecule has 5 nitrogen and oxygen atoms in total. The second kappa shape index (κ2) is 7.93. The Morgan fingerprint density at radius 1 is 1.12 bits per heavy atom. The smallest absolute Gasteiger partial charge is 0.338 e. The van der Waals surface area contributed by atoms with Gasteiger partial charge >= 0.3 is 5.97 Å². The van der Waals surface area contributed by atoms with Crippen LogP contribution in [0.25, 0.3) is 0 Å². The van der Waals surface area contributed by atoms with Crippen molar-refractivity contribution in [3.05, 3.63) is 64.7 Å². The first-order chi connectivity index (χ1) is 11.5. The van der Waals surface area contributed by atoms with E-state index in [9.17, 15) is 9.59 Å². The standard InChI is InChI=1S/C19H18N2O3/c1-13-3-4-14(2)16(11-13)12-24-19(23)15-5-7-17(8-6-15)21-18(22)9-10-20/h3-8,11H,9,12H2,1-2H3,(H,21,22). The lowest BCUT2D eigenvalue weighted by Gasteiger charge is -2.09. The third-order valence-electron chi connectivity index (χ3n) is 3.51. The van der Waals surface area contributed by atoms with Crippen molar-refractivity contribution < 1.29 is 14.3 Å². The van der Waals surface area contributed by atoms with Gasteiger partial charge in [0.05, 0.1) is 11.6 Å². The molecule has 24 heavy (non-hydrogen) atoms. The van der Waals surface area contributed by atoms with Crippen molar-refractivity contribution in [2.75, 3.05) is 5.32 Å². The topological polar surface area (TPSA) is 79.2 Å². The molecule has 0 spiro atoms. The molecule has 0 aliphatic heterocycles. The Balaban J connectivity index is 1.96. The fourth-order valence-electron chi connectivity index (χ4n) is 2.15. The van der Waals surface area contributed by atoms with Crippen molar-refractivity contribution in [1.82, 2.24) is 0 Å². The van der Waals surface area contributed by atoms with E-state index in [0.717, 1.165) is 16.7 Å². The summed E-state index contributed by atoms with van der Waals surface area (Å²) in [4.78, 5) is 23.4. The van der Waals surface area contributed by atoms with Gasteiger partial charge in [0, 0.05) is 5.69 Å². The van der Waals surface area contributed by atoms with E-state index in [0.29, 0.717) is 11.3 Å². The Morgan fingerprint density at radius 2 is 1.83 bits per heavy atom. The van der Waals surface area contributed by atoms with Gasteiger partial charge in [-0.25, -0.2) is 4.79 Å². The quantitative estimate of drug-likeness (QED) is 0.854. The zero-order valence-electron chi connectivity index (χ0n) is 13.6. The summed E-state index contributed by atoms with van der Waals surface area (Å²) in [6.07, 6.45) is -0.209. The number of nitrogens with zero attached hydrogens (tertiary/aromatic N) is 1. The number of anilines is 1. The highest BCUT2D eigenvalue weighted by atomic mass is 16.5. The van der Waals surface area contributed by atoms with Crippen LogP contribution < -0.4 is 5.32 Å². The van der Waals surface area contributed by atoms with Gasteiger partial charge in [-0.1, -0.05) is 23.8 Å². The van der Waals surface area contributed by atoms with E-state index in [4.69, 9.17) is 10.00 Å². The largest absolute Gasteiger partial charge is 0.457 e. The molecule has 0 saturated carbocycles. The van der Waals surface area contributed by atoms with E-state index in [1.807, 2.05) is 32.0 Å². The van der Waals surface area contributed by atoms with Gasteiger partial charge in [-0.05, 0) is 49.2 Å². The highest BCUT2D eigenvalue weighted by Crippen LogP contribution is 2.14. The van der Waals surface area contributed by atoms with Crippen molar-refractivity contribution in [2.45, 2.75) is 26.9 Å². The fourth-order valence-corrected chi connectivity index (χ4v) is 2.15. The summed E-state index contributed by atoms with van der Waals surface area (Å²) < 4.78 is 5.34. The minimum absolute atomic E-state index is 0.209. The molecule has 0 aliphatic carbocycles. The van der Waals surface area contributed by atoms with E-state index >= 15 is 0 Å². The van der Waals surface area contributed by atoms with Gasteiger partial charge in [0.1, 0.15) is 13.0 Å². The minimum Gasteiger partial charge on any atom is -0.457 e. The van der Waals surface area contributed by atoms with Crippen LogP contribution in [0.2, 0.25) is 0 Å². The average Bonchev–Trinajstić information content (AvgIpc) is 2.56. The second-order valence-electron chi connectivity index (χ2n) is 5.47. The van der Waals surface area contributed by atoms with Crippen LogP contribution in [0.4, 0.5) is 5.69 Å². The average molecular weight is 322 g/mol. The van der Waals surface area contributed by atoms with Crippen LogP contribution in [-0.4, -0.2) is 11.9 Å².